The molecule has 5 nitrogen and oxygen atoms in total. The minimum absolute atomic E-state index is 0.0271. The van der Waals surface area contributed by atoms with Gasteiger partial charge in [-0.05, 0) is 26.0 Å². The average Bonchev–Trinajstić information content (AvgIpc) is 2.42. The molecule has 0 spiro atoms. The van der Waals surface area contributed by atoms with E-state index >= 15 is 0 Å². The van der Waals surface area contributed by atoms with Gasteiger partial charge in [0, 0.05) is 38.3 Å². The number of amides is 1. The second-order valence-electron chi connectivity index (χ2n) is 6.57. The first-order valence-corrected chi connectivity index (χ1v) is 7.99. The van der Waals surface area contributed by atoms with E-state index < -0.39 is 0 Å². The number of carbonyl (C=O) groups excluding carboxylic acids is 1. The van der Waals surface area contributed by atoms with Gasteiger partial charge in [0.15, 0.2) is 0 Å². The Balaban J connectivity index is 1.76. The maximum Gasteiger partial charge on any atom is 0.238 e. The maximum atomic E-state index is 12.1. The molecule has 1 aliphatic rings. The van der Waals surface area contributed by atoms with Gasteiger partial charge in [-0.3, -0.25) is 14.6 Å². The fourth-order valence-corrected chi connectivity index (χ4v) is 2.82. The number of anilines is 1. The van der Waals surface area contributed by atoms with Crippen LogP contribution in [0.1, 0.15) is 13.8 Å². The van der Waals surface area contributed by atoms with Crippen molar-refractivity contribution in [1.29, 1.82) is 0 Å². The molecule has 0 saturated carbocycles. The Morgan fingerprint density at radius 2 is 1.82 bits per heavy atom. The SMILES string of the molecule is CC(C)(N)CN1CCN(CC(=O)Nc2ccccc2Cl)CC1. The summed E-state index contributed by atoms with van der Waals surface area (Å²) in [6.45, 7) is 9.00. The van der Waals surface area contributed by atoms with Gasteiger partial charge in [0.05, 0.1) is 17.3 Å². The molecule has 0 aliphatic carbocycles. The van der Waals surface area contributed by atoms with Gasteiger partial charge in [-0.1, -0.05) is 23.7 Å². The molecule has 1 aromatic carbocycles. The van der Waals surface area contributed by atoms with Crippen molar-refractivity contribution in [2.24, 2.45) is 5.73 Å². The van der Waals surface area contributed by atoms with Crippen LogP contribution in [0.2, 0.25) is 5.02 Å². The lowest BCUT2D eigenvalue weighted by Crippen LogP contribution is -2.53. The molecule has 1 aromatic rings. The fourth-order valence-electron chi connectivity index (χ4n) is 2.64. The number of nitrogens with two attached hydrogens (primary N) is 1. The lowest BCUT2D eigenvalue weighted by molar-refractivity contribution is -0.117. The van der Waals surface area contributed by atoms with Gasteiger partial charge < -0.3 is 11.1 Å². The summed E-state index contributed by atoms with van der Waals surface area (Å²) < 4.78 is 0. The molecule has 122 valence electrons. The summed E-state index contributed by atoms with van der Waals surface area (Å²) in [6, 6.07) is 7.27. The van der Waals surface area contributed by atoms with Crippen LogP contribution in [0.3, 0.4) is 0 Å². The molecule has 1 heterocycles. The molecule has 1 fully saturated rings. The lowest BCUT2D eigenvalue weighted by atomic mass is 10.1. The predicted octanol–water partition coefficient (Wildman–Crippen LogP) is 1.63. The molecule has 0 atom stereocenters. The monoisotopic (exact) mass is 324 g/mol. The quantitative estimate of drug-likeness (QED) is 0.864. The van der Waals surface area contributed by atoms with Crippen molar-refractivity contribution in [3.05, 3.63) is 29.3 Å². The van der Waals surface area contributed by atoms with E-state index in [1.54, 1.807) is 6.07 Å². The first kappa shape index (κ1) is 17.2. The lowest BCUT2D eigenvalue weighted by Gasteiger charge is -2.37. The van der Waals surface area contributed by atoms with E-state index in [2.05, 4.69) is 15.1 Å². The number of carbonyl (C=O) groups is 1. The number of hydrogen-bond acceptors (Lipinski definition) is 4. The molecular weight excluding hydrogens is 300 g/mol. The second kappa shape index (κ2) is 7.42. The summed E-state index contributed by atoms with van der Waals surface area (Å²) in [5.41, 5.74) is 6.54. The van der Waals surface area contributed by atoms with E-state index in [4.69, 9.17) is 17.3 Å². The molecule has 0 aromatic heterocycles. The minimum Gasteiger partial charge on any atom is -0.324 e. The first-order chi connectivity index (χ1) is 10.3. The van der Waals surface area contributed by atoms with Gasteiger partial charge in [-0.15, -0.1) is 0 Å². The van der Waals surface area contributed by atoms with Crippen LogP contribution in [0.25, 0.3) is 0 Å². The summed E-state index contributed by atoms with van der Waals surface area (Å²) in [7, 11) is 0. The zero-order chi connectivity index (χ0) is 16.2. The Labute approximate surface area is 137 Å². The van der Waals surface area contributed by atoms with Gasteiger partial charge in [-0.25, -0.2) is 0 Å². The molecule has 0 radical (unpaired) electrons. The third-order valence-corrected chi connectivity index (χ3v) is 3.94. The Bertz CT molecular complexity index is 507. The van der Waals surface area contributed by atoms with E-state index in [0.29, 0.717) is 17.3 Å². The molecule has 0 bridgehead atoms. The van der Waals surface area contributed by atoms with Gasteiger partial charge in [0.25, 0.3) is 0 Å². The molecule has 3 N–H and O–H groups in total. The molecular formula is C16H25ClN4O. The van der Waals surface area contributed by atoms with Crippen molar-refractivity contribution >= 4 is 23.2 Å². The summed E-state index contributed by atoms with van der Waals surface area (Å²) in [4.78, 5) is 16.6. The van der Waals surface area contributed by atoms with Crippen molar-refractivity contribution in [3.8, 4) is 0 Å². The van der Waals surface area contributed by atoms with Gasteiger partial charge in [-0.2, -0.15) is 0 Å². The van der Waals surface area contributed by atoms with E-state index in [1.165, 1.54) is 0 Å². The number of piperazine rings is 1. The highest BCUT2D eigenvalue weighted by atomic mass is 35.5. The topological polar surface area (TPSA) is 61.6 Å². The van der Waals surface area contributed by atoms with Crippen LogP contribution in [0.4, 0.5) is 5.69 Å². The Morgan fingerprint density at radius 3 is 2.41 bits per heavy atom. The maximum absolute atomic E-state index is 12.1. The first-order valence-electron chi connectivity index (χ1n) is 7.61. The number of halogens is 1. The zero-order valence-corrected chi connectivity index (χ0v) is 14.1. The number of rotatable bonds is 5. The van der Waals surface area contributed by atoms with Crippen molar-refractivity contribution in [3.63, 3.8) is 0 Å². The number of para-hydroxylation sites is 1. The normalized spacial score (nSPS) is 17.5. The minimum atomic E-state index is -0.177. The summed E-state index contributed by atoms with van der Waals surface area (Å²) in [5, 5.41) is 3.42. The van der Waals surface area contributed by atoms with Crippen LogP contribution in [0.5, 0.6) is 0 Å². The Morgan fingerprint density at radius 1 is 1.23 bits per heavy atom. The number of hydrogen-bond donors (Lipinski definition) is 2. The summed E-state index contributed by atoms with van der Waals surface area (Å²) in [6.07, 6.45) is 0. The summed E-state index contributed by atoms with van der Waals surface area (Å²) in [5.74, 6) is -0.0271. The van der Waals surface area contributed by atoms with Crippen molar-refractivity contribution in [1.82, 2.24) is 9.80 Å². The van der Waals surface area contributed by atoms with Crippen LogP contribution in [-0.4, -0.2) is 60.5 Å². The number of nitrogens with one attached hydrogen (secondary N) is 1. The number of nitrogens with zero attached hydrogens (tertiary/aromatic N) is 2. The van der Waals surface area contributed by atoms with E-state index in [-0.39, 0.29) is 11.4 Å². The standard InChI is InChI=1S/C16H25ClN4O/c1-16(2,18)12-21-9-7-20(8-10-21)11-15(22)19-14-6-4-3-5-13(14)17/h3-6H,7-12,18H2,1-2H3,(H,19,22). The van der Waals surface area contributed by atoms with Crippen LogP contribution >= 0.6 is 11.6 Å². The van der Waals surface area contributed by atoms with Crippen molar-refractivity contribution in [2.75, 3.05) is 44.6 Å². The Kier molecular flexibility index (Phi) is 5.81. The van der Waals surface area contributed by atoms with Gasteiger partial charge in [0.1, 0.15) is 0 Å². The molecule has 1 saturated heterocycles. The average molecular weight is 325 g/mol. The third-order valence-electron chi connectivity index (χ3n) is 3.61. The molecule has 1 amide bonds. The van der Waals surface area contributed by atoms with Crippen LogP contribution in [0, 0.1) is 0 Å². The molecule has 22 heavy (non-hydrogen) atoms. The van der Waals surface area contributed by atoms with Crippen molar-refractivity contribution in [2.45, 2.75) is 19.4 Å². The van der Waals surface area contributed by atoms with E-state index in [9.17, 15) is 4.79 Å². The third kappa shape index (κ3) is 5.57. The van der Waals surface area contributed by atoms with Gasteiger partial charge >= 0.3 is 0 Å². The van der Waals surface area contributed by atoms with E-state index in [0.717, 1.165) is 32.7 Å². The highest BCUT2D eigenvalue weighted by Gasteiger charge is 2.22. The highest BCUT2D eigenvalue weighted by Crippen LogP contribution is 2.20. The smallest absolute Gasteiger partial charge is 0.238 e. The number of benzene rings is 1. The van der Waals surface area contributed by atoms with Crippen LogP contribution < -0.4 is 11.1 Å². The highest BCUT2D eigenvalue weighted by molar-refractivity contribution is 6.33. The largest absolute Gasteiger partial charge is 0.324 e. The predicted molar refractivity (Wildman–Crippen MR) is 91.2 cm³/mol. The zero-order valence-electron chi connectivity index (χ0n) is 13.3. The van der Waals surface area contributed by atoms with Crippen LogP contribution in [-0.2, 0) is 4.79 Å². The van der Waals surface area contributed by atoms with Gasteiger partial charge in [0.2, 0.25) is 5.91 Å². The van der Waals surface area contributed by atoms with E-state index in [1.807, 2.05) is 32.0 Å². The molecule has 2 rings (SSSR count). The van der Waals surface area contributed by atoms with Crippen molar-refractivity contribution < 1.29 is 4.79 Å². The molecule has 6 heteroatoms. The Hall–Kier alpha value is -1.14. The fraction of sp³-hybridized carbons (Fsp3) is 0.562. The second-order valence-corrected chi connectivity index (χ2v) is 6.98. The van der Waals surface area contributed by atoms with Crippen LogP contribution in [0.15, 0.2) is 24.3 Å². The molecule has 0 unspecified atom stereocenters. The summed E-state index contributed by atoms with van der Waals surface area (Å²) >= 11 is 6.04. The molecule has 1 aliphatic heterocycles.